The van der Waals surface area contributed by atoms with Gasteiger partial charge in [-0.05, 0) is 48.5 Å². The minimum Gasteiger partial charge on any atom is -0.508 e. The second-order valence-electron chi connectivity index (χ2n) is 4.52. The fourth-order valence-corrected chi connectivity index (χ4v) is 4.49. The van der Waals surface area contributed by atoms with E-state index in [1.165, 1.54) is 15.9 Å². The molecule has 0 fully saturated rings. The standard InChI is InChI=1S/C18H18BOP/c19-21(16-7-3-1-4-8-16,17-9-5-2-6-10-17)18-13-11-15(20)12-14-18/h1-14,20H,19H3. The van der Waals surface area contributed by atoms with Gasteiger partial charge in [0.25, 0.3) is 0 Å². The molecular formula is C18H18BOP. The van der Waals surface area contributed by atoms with Crippen molar-refractivity contribution in [3.63, 3.8) is 0 Å². The van der Waals surface area contributed by atoms with E-state index in [1.54, 1.807) is 0 Å². The van der Waals surface area contributed by atoms with Crippen molar-refractivity contribution in [3.8, 4) is 5.75 Å². The average Bonchev–Trinajstić information content (AvgIpc) is 2.56. The van der Waals surface area contributed by atoms with E-state index in [9.17, 15) is 5.11 Å². The van der Waals surface area contributed by atoms with Gasteiger partial charge in [0.1, 0.15) is 13.3 Å². The molecule has 0 aliphatic heterocycles. The summed E-state index contributed by atoms with van der Waals surface area (Å²) in [4.78, 5) is 0. The molecule has 104 valence electrons. The van der Waals surface area contributed by atoms with Crippen LogP contribution in [-0.4, -0.2) is 12.7 Å². The number of phenolic OH excluding ortho intramolecular Hbond substituents is 1. The third-order valence-corrected chi connectivity index (χ3v) is 5.58. The van der Waals surface area contributed by atoms with Crippen molar-refractivity contribution >= 4 is 30.6 Å². The van der Waals surface area contributed by atoms with Crippen molar-refractivity contribution in [2.24, 2.45) is 0 Å². The normalized spacial score (nSPS) is 11.3. The first-order valence-corrected chi connectivity index (χ1v) is 7.88. The van der Waals surface area contributed by atoms with E-state index in [4.69, 9.17) is 0 Å². The second kappa shape index (κ2) is 5.75. The van der Waals surface area contributed by atoms with Crippen LogP contribution in [0.3, 0.4) is 0 Å². The fraction of sp³-hybridized carbons (Fsp3) is 0. The fourth-order valence-electron chi connectivity index (χ4n) is 2.20. The number of hydrogen-bond donors (Lipinski definition) is 1. The SMILES string of the molecule is [BH3-][P+](c1ccccc1)(c1ccccc1)c1ccc(O)cc1. The molecule has 0 aliphatic carbocycles. The molecule has 0 aromatic heterocycles. The van der Waals surface area contributed by atoms with E-state index in [0.29, 0.717) is 5.75 Å². The summed E-state index contributed by atoms with van der Waals surface area (Å²) in [6, 6.07) is 29.6. The van der Waals surface area contributed by atoms with E-state index in [0.717, 1.165) is 0 Å². The minimum absolute atomic E-state index is 0.0353. The van der Waals surface area contributed by atoms with Crippen molar-refractivity contribution in [1.29, 1.82) is 0 Å². The molecule has 0 radical (unpaired) electrons. The lowest BCUT2D eigenvalue weighted by atomic mass is 10.3. The minimum atomic E-state index is -1.41. The molecule has 3 rings (SSSR count). The van der Waals surface area contributed by atoms with Gasteiger partial charge in [-0.1, -0.05) is 43.5 Å². The number of aromatic hydroxyl groups is 1. The maximum absolute atomic E-state index is 9.60. The Hall–Kier alpha value is -2.05. The monoisotopic (exact) mass is 292 g/mol. The predicted molar refractivity (Wildman–Crippen MR) is 96.8 cm³/mol. The Kier molecular flexibility index (Phi) is 3.81. The molecule has 3 aromatic carbocycles. The van der Waals surface area contributed by atoms with Gasteiger partial charge in [0.05, 0.1) is 15.9 Å². The molecule has 3 aromatic rings. The first kappa shape index (κ1) is 13.9. The van der Waals surface area contributed by atoms with Gasteiger partial charge < -0.3 is 5.11 Å². The summed E-state index contributed by atoms with van der Waals surface area (Å²) in [5.41, 5.74) is 0. The van der Waals surface area contributed by atoms with Crippen LogP contribution in [0.5, 0.6) is 5.75 Å². The molecule has 0 spiro atoms. The van der Waals surface area contributed by atoms with E-state index in [-0.39, 0.29) is 7.57 Å². The Balaban J connectivity index is 2.23. The van der Waals surface area contributed by atoms with Crippen molar-refractivity contribution in [3.05, 3.63) is 84.9 Å². The number of benzene rings is 3. The zero-order chi connectivity index (χ0) is 14.7. The van der Waals surface area contributed by atoms with E-state index < -0.39 is 7.14 Å². The highest BCUT2D eigenvalue weighted by molar-refractivity contribution is 8.13. The molecule has 0 saturated heterocycles. The van der Waals surface area contributed by atoms with E-state index >= 15 is 0 Å². The van der Waals surface area contributed by atoms with Crippen molar-refractivity contribution < 1.29 is 5.11 Å². The Morgan fingerprint density at radius 2 is 0.952 bits per heavy atom. The maximum atomic E-state index is 9.60. The summed E-state index contributed by atoms with van der Waals surface area (Å²) < 4.78 is 0. The van der Waals surface area contributed by atoms with Crippen molar-refractivity contribution in [2.75, 3.05) is 0 Å². The second-order valence-corrected chi connectivity index (χ2v) is 6.74. The molecule has 21 heavy (non-hydrogen) atoms. The molecule has 0 amide bonds. The first-order valence-electron chi connectivity index (χ1n) is 6.54. The molecule has 1 N–H and O–H groups in total. The highest BCUT2D eigenvalue weighted by Crippen LogP contribution is 2.50. The molecule has 0 unspecified atom stereocenters. The predicted octanol–water partition coefficient (Wildman–Crippen LogP) is 1.97. The lowest BCUT2D eigenvalue weighted by molar-refractivity contribution is 0.475. The van der Waals surface area contributed by atoms with Gasteiger partial charge in [-0.2, -0.15) is 0 Å². The van der Waals surface area contributed by atoms with Gasteiger partial charge in [0, 0.05) is 0 Å². The largest absolute Gasteiger partial charge is 0.508 e. The van der Waals surface area contributed by atoms with Crippen LogP contribution >= 0.6 is 7.14 Å². The summed E-state index contributed by atoms with van der Waals surface area (Å²) in [6.45, 7) is 0. The molecule has 1 nitrogen and oxygen atoms in total. The summed E-state index contributed by atoms with van der Waals surface area (Å²) in [5, 5.41) is 13.9. The van der Waals surface area contributed by atoms with Crippen LogP contribution in [0, 0.1) is 0 Å². The number of rotatable bonds is 3. The topological polar surface area (TPSA) is 20.2 Å². The Labute approximate surface area is 127 Å². The van der Waals surface area contributed by atoms with Gasteiger partial charge in [-0.3, -0.25) is 0 Å². The van der Waals surface area contributed by atoms with E-state index in [1.807, 2.05) is 12.1 Å². The van der Waals surface area contributed by atoms with Crippen LogP contribution in [0.2, 0.25) is 0 Å². The summed E-state index contributed by atoms with van der Waals surface area (Å²) in [5.74, 6) is 0.339. The summed E-state index contributed by atoms with van der Waals surface area (Å²) in [7, 11) is -1.37. The molecule has 0 heterocycles. The Bertz CT molecular complexity index is 672. The zero-order valence-corrected chi connectivity index (χ0v) is 11.9. The smallest absolute Gasteiger partial charge is 0.144 e. The average molecular weight is 292 g/mol. The van der Waals surface area contributed by atoms with Gasteiger partial charge in [-0.15, -0.1) is 0 Å². The first-order chi connectivity index (χ1) is 10.2. The number of phenols is 1. The van der Waals surface area contributed by atoms with Crippen LogP contribution in [0.15, 0.2) is 84.9 Å². The molecule has 0 bridgehead atoms. The molecular weight excluding hydrogens is 274 g/mol. The Morgan fingerprint density at radius 1 is 0.571 bits per heavy atom. The zero-order valence-electron chi connectivity index (χ0n) is 11.0. The van der Waals surface area contributed by atoms with Gasteiger partial charge in [0.15, 0.2) is 0 Å². The van der Waals surface area contributed by atoms with Gasteiger partial charge in [0.2, 0.25) is 0 Å². The van der Waals surface area contributed by atoms with Crippen LogP contribution in [0.1, 0.15) is 0 Å². The van der Waals surface area contributed by atoms with Crippen molar-refractivity contribution in [2.45, 2.75) is 0 Å². The van der Waals surface area contributed by atoms with Crippen LogP contribution < -0.4 is 15.9 Å². The Morgan fingerprint density at radius 3 is 1.38 bits per heavy atom. The lowest BCUT2D eigenvalue weighted by Crippen LogP contribution is -2.31. The van der Waals surface area contributed by atoms with E-state index in [2.05, 4.69) is 72.8 Å². The van der Waals surface area contributed by atoms with Gasteiger partial charge in [-0.25, -0.2) is 0 Å². The lowest BCUT2D eigenvalue weighted by Gasteiger charge is -2.30. The quantitative estimate of drug-likeness (QED) is 0.578. The highest BCUT2D eigenvalue weighted by atomic mass is 31.2. The van der Waals surface area contributed by atoms with Crippen LogP contribution in [-0.2, 0) is 0 Å². The van der Waals surface area contributed by atoms with Gasteiger partial charge >= 0.3 is 0 Å². The molecule has 0 atom stereocenters. The van der Waals surface area contributed by atoms with Crippen molar-refractivity contribution in [1.82, 2.24) is 0 Å². The molecule has 0 saturated carbocycles. The third kappa shape index (κ3) is 2.60. The summed E-state index contributed by atoms with van der Waals surface area (Å²) >= 11 is 0. The number of hydrogen-bond acceptors (Lipinski definition) is 1. The highest BCUT2D eigenvalue weighted by Gasteiger charge is 2.32. The third-order valence-electron chi connectivity index (χ3n) is 3.14. The summed E-state index contributed by atoms with van der Waals surface area (Å²) in [6.07, 6.45) is 0. The maximum Gasteiger partial charge on any atom is 0.144 e. The molecule has 0 aliphatic rings. The molecule has 3 heteroatoms. The van der Waals surface area contributed by atoms with Crippen LogP contribution in [0.25, 0.3) is 0 Å². The van der Waals surface area contributed by atoms with Crippen LogP contribution in [0.4, 0.5) is 0 Å².